The van der Waals surface area contributed by atoms with E-state index in [0.717, 1.165) is 13.3 Å². The second-order valence-corrected chi connectivity index (χ2v) is 14.3. The zero-order valence-corrected chi connectivity index (χ0v) is 10.7. The Kier molecular flexibility index (Phi) is 6.48. The molecule has 0 atom stereocenters. The van der Waals surface area contributed by atoms with Crippen molar-refractivity contribution in [1.82, 2.24) is 0 Å². The van der Waals surface area contributed by atoms with Gasteiger partial charge in [0.25, 0.3) is 0 Å². The number of rotatable bonds is 7. The van der Waals surface area contributed by atoms with Crippen LogP contribution in [0.5, 0.6) is 0 Å². The van der Waals surface area contributed by atoms with Gasteiger partial charge < -0.3 is 0 Å². The summed E-state index contributed by atoms with van der Waals surface area (Å²) in [5, 5.41) is 0. The summed E-state index contributed by atoms with van der Waals surface area (Å²) in [6, 6.07) is 0. The molecule has 0 aromatic heterocycles. The van der Waals surface area contributed by atoms with Crippen LogP contribution in [0, 0.1) is 0 Å². The molecule has 0 radical (unpaired) electrons. The number of allylic oxidation sites excluding steroid dienone is 3. The predicted octanol–water partition coefficient (Wildman–Crippen LogP) is 3.14. The average molecular weight is 273 g/mol. The molecule has 1 nitrogen and oxygen atoms in total. The van der Waals surface area contributed by atoms with Crippen molar-refractivity contribution >= 4 is 18.8 Å². The molecular formula is C10H18OSn. The van der Waals surface area contributed by atoms with E-state index in [1.54, 1.807) is 0 Å². The number of hydrogen-bond donors (Lipinski definition) is 0. The maximum atomic E-state index is 5.66. The standard InChI is InChI=1S/3C3H5.CH3O.Sn/c3*1-3-2;1-2;/h3*3H,1-2H2;1H3;/q;;;-1;+1. The first-order valence-corrected chi connectivity index (χ1v) is 11.3. The van der Waals surface area contributed by atoms with Crippen LogP contribution in [0.2, 0.25) is 13.3 Å². The summed E-state index contributed by atoms with van der Waals surface area (Å²) >= 11 is -2.37. The third-order valence-electron chi connectivity index (χ3n) is 1.98. The van der Waals surface area contributed by atoms with Gasteiger partial charge in [0.1, 0.15) is 0 Å². The van der Waals surface area contributed by atoms with Crippen LogP contribution >= 0.6 is 0 Å². The van der Waals surface area contributed by atoms with Crippen LogP contribution in [0.15, 0.2) is 38.0 Å². The second-order valence-electron chi connectivity index (χ2n) is 2.87. The van der Waals surface area contributed by atoms with Crippen LogP contribution in [-0.4, -0.2) is 25.9 Å². The molecule has 0 aliphatic rings. The third kappa shape index (κ3) is 3.59. The van der Waals surface area contributed by atoms with Gasteiger partial charge in [0.2, 0.25) is 0 Å². The van der Waals surface area contributed by atoms with Gasteiger partial charge in [0.15, 0.2) is 0 Å². The Hall–Kier alpha value is -0.0213. The number of hydrogen-bond acceptors (Lipinski definition) is 1. The fourth-order valence-electron chi connectivity index (χ4n) is 1.29. The fourth-order valence-corrected chi connectivity index (χ4v) is 8.65. The van der Waals surface area contributed by atoms with Gasteiger partial charge >= 0.3 is 80.3 Å². The molecule has 0 aromatic rings. The molecule has 0 fully saturated rings. The van der Waals surface area contributed by atoms with Gasteiger partial charge in [0, 0.05) is 0 Å². The summed E-state index contributed by atoms with van der Waals surface area (Å²) in [5.41, 5.74) is 0. The van der Waals surface area contributed by atoms with Crippen molar-refractivity contribution in [3.05, 3.63) is 38.0 Å². The summed E-state index contributed by atoms with van der Waals surface area (Å²) in [6.45, 7) is 11.3. The normalized spacial score (nSPS) is 10.8. The molecule has 0 bridgehead atoms. The van der Waals surface area contributed by atoms with E-state index in [4.69, 9.17) is 3.07 Å². The Bertz CT molecular complexity index is 137. The van der Waals surface area contributed by atoms with E-state index in [9.17, 15) is 0 Å². The predicted molar refractivity (Wildman–Crippen MR) is 57.8 cm³/mol. The summed E-state index contributed by atoms with van der Waals surface area (Å²) in [4.78, 5) is 0. The van der Waals surface area contributed by atoms with Crippen LogP contribution in [0.25, 0.3) is 0 Å². The molecule has 0 N–H and O–H groups in total. The van der Waals surface area contributed by atoms with Crippen LogP contribution in [0.3, 0.4) is 0 Å². The van der Waals surface area contributed by atoms with Gasteiger partial charge in [-0.1, -0.05) is 0 Å². The summed E-state index contributed by atoms with van der Waals surface area (Å²) in [5.74, 6) is 0. The molecule has 0 aliphatic carbocycles. The van der Waals surface area contributed by atoms with E-state index in [1.165, 1.54) is 0 Å². The summed E-state index contributed by atoms with van der Waals surface area (Å²) in [7, 11) is 1.81. The minimum atomic E-state index is -2.37. The fraction of sp³-hybridized carbons (Fsp3) is 0.400. The molecule has 0 aromatic carbocycles. The molecule has 68 valence electrons. The van der Waals surface area contributed by atoms with Crippen LogP contribution in [0.1, 0.15) is 0 Å². The Balaban J connectivity index is 4.35. The first kappa shape index (κ1) is 12.0. The van der Waals surface area contributed by atoms with Crippen molar-refractivity contribution in [3.8, 4) is 0 Å². The zero-order valence-electron chi connectivity index (χ0n) is 7.88. The first-order chi connectivity index (χ1) is 5.74. The second kappa shape index (κ2) is 6.49. The van der Waals surface area contributed by atoms with E-state index < -0.39 is 18.8 Å². The van der Waals surface area contributed by atoms with Crippen molar-refractivity contribution in [3.63, 3.8) is 0 Å². The van der Waals surface area contributed by atoms with Crippen LogP contribution in [0.4, 0.5) is 0 Å². The topological polar surface area (TPSA) is 9.23 Å². The Morgan fingerprint density at radius 1 is 1.00 bits per heavy atom. The Morgan fingerprint density at radius 3 is 1.50 bits per heavy atom. The molecule has 0 unspecified atom stereocenters. The molecule has 0 rings (SSSR count). The minimum absolute atomic E-state index is 1.04. The Morgan fingerprint density at radius 2 is 1.33 bits per heavy atom. The molecule has 0 spiro atoms. The van der Waals surface area contributed by atoms with Gasteiger partial charge in [0.05, 0.1) is 0 Å². The van der Waals surface area contributed by atoms with E-state index in [0.29, 0.717) is 0 Å². The SMILES string of the molecule is C=C[CH2][Sn]([CH2]C=C)([CH2]C=C)[O]C. The third-order valence-corrected chi connectivity index (χ3v) is 13.3. The van der Waals surface area contributed by atoms with E-state index in [2.05, 4.69) is 19.7 Å². The van der Waals surface area contributed by atoms with Gasteiger partial charge in [-0.15, -0.1) is 0 Å². The van der Waals surface area contributed by atoms with Crippen molar-refractivity contribution in [2.45, 2.75) is 13.3 Å². The first-order valence-electron chi connectivity index (χ1n) is 4.12. The van der Waals surface area contributed by atoms with E-state index in [1.807, 2.05) is 25.3 Å². The summed E-state index contributed by atoms with van der Waals surface area (Å²) in [6.07, 6.45) is 5.89. The van der Waals surface area contributed by atoms with Crippen molar-refractivity contribution in [2.75, 3.05) is 7.11 Å². The quantitative estimate of drug-likeness (QED) is 0.511. The van der Waals surface area contributed by atoms with Gasteiger partial charge in [-0.3, -0.25) is 0 Å². The molecule has 0 amide bonds. The maximum absolute atomic E-state index is 5.66. The molecule has 12 heavy (non-hydrogen) atoms. The molecule has 0 heterocycles. The molecule has 0 saturated carbocycles. The zero-order chi connectivity index (χ0) is 9.45. The average Bonchev–Trinajstić information content (AvgIpc) is 2.06. The Labute approximate surface area is 80.2 Å². The van der Waals surface area contributed by atoms with Gasteiger partial charge in [-0.05, 0) is 0 Å². The van der Waals surface area contributed by atoms with Crippen molar-refractivity contribution in [2.24, 2.45) is 0 Å². The van der Waals surface area contributed by atoms with E-state index >= 15 is 0 Å². The van der Waals surface area contributed by atoms with Crippen LogP contribution < -0.4 is 0 Å². The molecular weight excluding hydrogens is 255 g/mol. The van der Waals surface area contributed by atoms with Crippen molar-refractivity contribution < 1.29 is 3.07 Å². The van der Waals surface area contributed by atoms with Gasteiger partial charge in [-0.25, -0.2) is 0 Å². The monoisotopic (exact) mass is 274 g/mol. The summed E-state index contributed by atoms with van der Waals surface area (Å²) < 4.78 is 8.79. The van der Waals surface area contributed by atoms with E-state index in [-0.39, 0.29) is 0 Å². The molecule has 0 saturated heterocycles. The van der Waals surface area contributed by atoms with Crippen LogP contribution in [-0.2, 0) is 3.07 Å². The molecule has 2 heteroatoms. The van der Waals surface area contributed by atoms with Crippen molar-refractivity contribution in [1.29, 1.82) is 0 Å². The van der Waals surface area contributed by atoms with Gasteiger partial charge in [-0.2, -0.15) is 0 Å². The molecule has 0 aliphatic heterocycles.